The van der Waals surface area contributed by atoms with Gasteiger partial charge in [0.2, 0.25) is 0 Å². The maximum absolute atomic E-state index is 10.2. The van der Waals surface area contributed by atoms with Gasteiger partial charge in [-0.3, -0.25) is 0 Å². The lowest BCUT2D eigenvalue weighted by Gasteiger charge is -2.13. The number of hydrogen-bond acceptors (Lipinski definition) is 3. The highest BCUT2D eigenvalue weighted by Crippen LogP contribution is 2.38. The second kappa shape index (κ2) is 7.15. The smallest absolute Gasteiger partial charge is 0.130 e. The Hall–Kier alpha value is -1.50. The maximum Gasteiger partial charge on any atom is 0.130 e. The average molecular weight is 555 g/mol. The number of halogens is 3. The molecule has 1 aliphatic rings. The Morgan fingerprint density at radius 3 is 0.926 bits per heavy atom. The monoisotopic (exact) mass is 552 g/mol. The van der Waals surface area contributed by atoms with Gasteiger partial charge in [-0.2, -0.15) is 0 Å². The van der Waals surface area contributed by atoms with Crippen molar-refractivity contribution in [2.24, 2.45) is 0 Å². The minimum Gasteiger partial charge on any atom is -0.507 e. The number of rotatable bonds is 0. The summed E-state index contributed by atoms with van der Waals surface area (Å²) >= 11 is 10.2. The molecule has 3 N–H and O–H groups in total. The quantitative estimate of drug-likeness (QED) is 0.243. The predicted molar refractivity (Wildman–Crippen MR) is 116 cm³/mol. The van der Waals surface area contributed by atoms with E-state index in [2.05, 4.69) is 47.8 Å². The third-order valence-electron chi connectivity index (χ3n) is 4.95. The van der Waals surface area contributed by atoms with Crippen LogP contribution in [0.5, 0.6) is 17.2 Å². The zero-order chi connectivity index (χ0) is 19.3. The van der Waals surface area contributed by atoms with Crippen molar-refractivity contribution in [2.45, 2.75) is 19.3 Å². The molecule has 4 rings (SSSR count). The van der Waals surface area contributed by atoms with E-state index < -0.39 is 0 Å². The van der Waals surface area contributed by atoms with Crippen molar-refractivity contribution in [1.82, 2.24) is 0 Å². The van der Waals surface area contributed by atoms with Crippen LogP contribution in [0.4, 0.5) is 0 Å². The third kappa shape index (κ3) is 3.62. The zero-order valence-electron chi connectivity index (χ0n) is 14.1. The predicted octanol–water partition coefficient (Wildman–Crippen LogP) is 6.18. The number of hydrogen-bond donors (Lipinski definition) is 3. The van der Waals surface area contributed by atoms with Crippen LogP contribution in [0.3, 0.4) is 0 Å². The van der Waals surface area contributed by atoms with Gasteiger partial charge in [0.05, 0.1) is 13.4 Å². The molecule has 0 amide bonds. The van der Waals surface area contributed by atoms with E-state index in [1.165, 1.54) is 0 Å². The minimum absolute atomic E-state index is 0.200. The van der Waals surface area contributed by atoms with Crippen LogP contribution in [-0.2, 0) is 19.3 Å². The lowest BCUT2D eigenvalue weighted by atomic mass is 9.95. The summed E-state index contributed by atoms with van der Waals surface area (Å²) in [6.07, 6.45) is 1.93. The van der Waals surface area contributed by atoms with Crippen molar-refractivity contribution in [3.05, 3.63) is 83.2 Å². The van der Waals surface area contributed by atoms with E-state index in [1.54, 1.807) is 18.2 Å². The largest absolute Gasteiger partial charge is 0.507 e. The van der Waals surface area contributed by atoms with Crippen molar-refractivity contribution in [1.29, 1.82) is 0 Å². The second-order valence-electron chi connectivity index (χ2n) is 6.75. The number of phenolic OH excluding ortho intramolecular Hbond substituents is 3. The highest BCUT2D eigenvalue weighted by atomic mass is 79.9. The second-order valence-corrected chi connectivity index (χ2v) is 9.31. The molecular formula is C21H15Br3O3. The van der Waals surface area contributed by atoms with Gasteiger partial charge in [0, 0.05) is 0 Å². The Labute approximate surface area is 182 Å². The minimum atomic E-state index is 0.200. The zero-order valence-corrected chi connectivity index (χ0v) is 18.8. The molecular weight excluding hydrogens is 540 g/mol. The first-order valence-electron chi connectivity index (χ1n) is 8.32. The van der Waals surface area contributed by atoms with Gasteiger partial charge >= 0.3 is 0 Å². The van der Waals surface area contributed by atoms with E-state index in [0.717, 1.165) is 33.4 Å². The Bertz CT molecular complexity index is 859. The van der Waals surface area contributed by atoms with Gasteiger partial charge in [-0.1, -0.05) is 0 Å². The fraction of sp³-hybridized carbons (Fsp3) is 0.143. The number of aromatic hydroxyl groups is 3. The molecule has 3 nitrogen and oxygen atoms in total. The van der Waals surface area contributed by atoms with Crippen LogP contribution < -0.4 is 0 Å². The SMILES string of the molecule is Oc1cc2c(cc1Br)Cc1cc(O)c(Br)cc1Cc1cc(O)c(Br)cc1C2. The van der Waals surface area contributed by atoms with Crippen LogP contribution >= 0.6 is 47.8 Å². The van der Waals surface area contributed by atoms with Gasteiger partial charge in [-0.05, 0) is 137 Å². The molecule has 6 heteroatoms. The first kappa shape index (κ1) is 18.8. The van der Waals surface area contributed by atoms with Crippen LogP contribution in [0.25, 0.3) is 0 Å². The van der Waals surface area contributed by atoms with Gasteiger partial charge < -0.3 is 15.3 Å². The van der Waals surface area contributed by atoms with Gasteiger partial charge in [-0.25, -0.2) is 0 Å². The summed E-state index contributed by atoms with van der Waals surface area (Å²) in [5, 5.41) is 30.6. The first-order chi connectivity index (χ1) is 12.8. The van der Waals surface area contributed by atoms with E-state index in [4.69, 9.17) is 0 Å². The van der Waals surface area contributed by atoms with Gasteiger partial charge in [0.25, 0.3) is 0 Å². The normalized spacial score (nSPS) is 13.0. The fourth-order valence-corrected chi connectivity index (χ4v) is 4.71. The summed E-state index contributed by atoms with van der Waals surface area (Å²) in [5.74, 6) is 0.601. The molecule has 0 fully saturated rings. The van der Waals surface area contributed by atoms with Crippen molar-refractivity contribution >= 4 is 47.8 Å². The van der Waals surface area contributed by atoms with Crippen LogP contribution in [0.15, 0.2) is 49.8 Å². The molecule has 0 atom stereocenters. The highest BCUT2D eigenvalue weighted by molar-refractivity contribution is 9.11. The van der Waals surface area contributed by atoms with Crippen LogP contribution in [-0.4, -0.2) is 15.3 Å². The Morgan fingerprint density at radius 2 is 0.667 bits per heavy atom. The summed E-state index contributed by atoms with van der Waals surface area (Å²) in [6.45, 7) is 0. The van der Waals surface area contributed by atoms with Gasteiger partial charge in [0.1, 0.15) is 17.2 Å². The van der Waals surface area contributed by atoms with E-state index in [-0.39, 0.29) is 17.2 Å². The van der Waals surface area contributed by atoms with Crippen molar-refractivity contribution in [2.75, 3.05) is 0 Å². The summed E-state index contributed by atoms with van der Waals surface area (Å²) in [6, 6.07) is 11.2. The molecule has 0 saturated heterocycles. The van der Waals surface area contributed by atoms with E-state index in [1.807, 2.05) is 18.2 Å². The van der Waals surface area contributed by atoms with Gasteiger partial charge in [-0.15, -0.1) is 0 Å². The van der Waals surface area contributed by atoms with E-state index in [9.17, 15) is 15.3 Å². The third-order valence-corrected chi connectivity index (χ3v) is 6.86. The maximum atomic E-state index is 10.2. The lowest BCUT2D eigenvalue weighted by Crippen LogP contribution is -1.98. The van der Waals surface area contributed by atoms with Crippen molar-refractivity contribution in [3.63, 3.8) is 0 Å². The average Bonchev–Trinajstić information content (AvgIpc) is 2.65. The summed E-state index contributed by atoms with van der Waals surface area (Å²) in [5.41, 5.74) is 6.30. The molecule has 0 aliphatic heterocycles. The number of fused-ring (bicyclic) bond motifs is 3. The van der Waals surface area contributed by atoms with Crippen molar-refractivity contribution < 1.29 is 15.3 Å². The molecule has 3 aromatic rings. The Balaban J connectivity index is 2.00. The molecule has 27 heavy (non-hydrogen) atoms. The Morgan fingerprint density at radius 1 is 0.444 bits per heavy atom. The van der Waals surface area contributed by atoms with Crippen LogP contribution in [0.2, 0.25) is 0 Å². The molecule has 0 bridgehead atoms. The molecule has 0 radical (unpaired) electrons. The topological polar surface area (TPSA) is 60.7 Å². The molecule has 3 aromatic carbocycles. The first-order valence-corrected chi connectivity index (χ1v) is 10.7. The number of phenols is 3. The fourth-order valence-electron chi connectivity index (χ4n) is 3.54. The highest BCUT2D eigenvalue weighted by Gasteiger charge is 2.19. The lowest BCUT2D eigenvalue weighted by molar-refractivity contribution is 0.470. The van der Waals surface area contributed by atoms with E-state index in [0.29, 0.717) is 32.7 Å². The standard InChI is InChI=1S/C21H15Br3O3/c22-16-4-10-1-13-7-19(25)17(23)5-11(13)2-15-9-21(27)18(24)6-12(15)3-14(10)8-20(16)26/h4-9,25-27H,1-3H2. The molecule has 0 unspecified atom stereocenters. The van der Waals surface area contributed by atoms with Crippen LogP contribution in [0.1, 0.15) is 33.4 Å². The molecule has 0 aromatic heterocycles. The Kier molecular flexibility index (Phi) is 4.99. The molecule has 0 saturated carbocycles. The van der Waals surface area contributed by atoms with Crippen molar-refractivity contribution in [3.8, 4) is 17.2 Å². The van der Waals surface area contributed by atoms with E-state index >= 15 is 0 Å². The summed E-state index contributed by atoms with van der Waals surface area (Å²) in [7, 11) is 0. The summed E-state index contributed by atoms with van der Waals surface area (Å²) in [4.78, 5) is 0. The summed E-state index contributed by atoms with van der Waals surface area (Å²) < 4.78 is 1.95. The van der Waals surface area contributed by atoms with Gasteiger partial charge in [0.15, 0.2) is 0 Å². The molecule has 138 valence electrons. The molecule has 0 spiro atoms. The molecule has 1 aliphatic carbocycles. The molecule has 0 heterocycles. The number of benzene rings is 3. The van der Waals surface area contributed by atoms with Crippen LogP contribution in [0, 0.1) is 0 Å².